The van der Waals surface area contributed by atoms with Crippen LogP contribution >= 0.6 is 0 Å². The highest BCUT2D eigenvalue weighted by Gasteiger charge is 2.30. The second kappa shape index (κ2) is 5.82. The lowest BCUT2D eigenvalue weighted by molar-refractivity contribution is 0.0694. The first-order valence-electron chi connectivity index (χ1n) is 7.27. The minimum atomic E-state index is -3.72. The van der Waals surface area contributed by atoms with E-state index >= 15 is 0 Å². The van der Waals surface area contributed by atoms with Gasteiger partial charge in [-0.05, 0) is 50.5 Å². The van der Waals surface area contributed by atoms with Crippen LogP contribution in [0.5, 0.6) is 5.75 Å². The molecule has 0 bridgehead atoms. The molecular formula is C16H17NO5S. The number of nitrogens with one attached hydrogen (secondary N) is 1. The van der Waals surface area contributed by atoms with Crippen molar-refractivity contribution in [1.29, 1.82) is 0 Å². The highest BCUT2D eigenvalue weighted by molar-refractivity contribution is 7.89. The fourth-order valence-electron chi connectivity index (χ4n) is 2.12. The van der Waals surface area contributed by atoms with E-state index in [1.807, 2.05) is 26.0 Å². The minimum absolute atomic E-state index is 0.0318. The van der Waals surface area contributed by atoms with E-state index in [0.29, 0.717) is 5.75 Å². The van der Waals surface area contributed by atoms with Crippen molar-refractivity contribution in [2.45, 2.75) is 37.8 Å². The number of hydrogen-bond acceptors (Lipinski definition) is 5. The number of sulfonamides is 1. The smallest absolute Gasteiger partial charge is 0.379 e. The molecule has 3 rings (SSSR count). The zero-order valence-electron chi connectivity index (χ0n) is 12.8. The fraction of sp³-hybridized carbons (Fsp3) is 0.312. The van der Waals surface area contributed by atoms with Crippen molar-refractivity contribution in [3.8, 4) is 5.75 Å². The average molecular weight is 335 g/mol. The van der Waals surface area contributed by atoms with Crippen LogP contribution in [0.15, 0.2) is 39.8 Å². The summed E-state index contributed by atoms with van der Waals surface area (Å²) in [7, 11) is -3.72. The quantitative estimate of drug-likeness (QED) is 0.670. The van der Waals surface area contributed by atoms with Crippen molar-refractivity contribution in [3.05, 3.63) is 47.2 Å². The maximum absolute atomic E-state index is 12.1. The van der Waals surface area contributed by atoms with Crippen LogP contribution in [-0.2, 0) is 10.0 Å². The number of benzene rings is 1. The Balaban J connectivity index is 1.75. The normalized spacial score (nSPS) is 14.7. The Labute approximate surface area is 134 Å². The van der Waals surface area contributed by atoms with Crippen molar-refractivity contribution >= 4 is 16.0 Å². The molecule has 0 saturated heterocycles. The molecule has 0 radical (unpaired) electrons. The first-order chi connectivity index (χ1) is 10.8. The van der Waals surface area contributed by atoms with Crippen LogP contribution < -0.4 is 9.46 Å². The summed E-state index contributed by atoms with van der Waals surface area (Å²) in [5.74, 6) is -0.469. The predicted molar refractivity (Wildman–Crippen MR) is 82.9 cm³/mol. The molecule has 1 aliphatic rings. The van der Waals surface area contributed by atoms with Gasteiger partial charge < -0.3 is 9.15 Å². The first kappa shape index (κ1) is 15.8. The van der Waals surface area contributed by atoms with Crippen LogP contribution in [0.3, 0.4) is 0 Å². The largest absolute Gasteiger partial charge is 0.436 e. The summed E-state index contributed by atoms with van der Waals surface area (Å²) in [5.41, 5.74) is 1.87. The van der Waals surface area contributed by atoms with E-state index in [2.05, 4.69) is 4.72 Å². The summed E-state index contributed by atoms with van der Waals surface area (Å²) >= 11 is 0. The molecule has 0 unspecified atom stereocenters. The molecule has 1 aromatic heterocycles. The van der Waals surface area contributed by atoms with E-state index in [1.165, 1.54) is 12.1 Å². The van der Waals surface area contributed by atoms with Crippen LogP contribution in [0, 0.1) is 13.8 Å². The van der Waals surface area contributed by atoms with E-state index in [0.717, 1.165) is 24.0 Å². The van der Waals surface area contributed by atoms with Gasteiger partial charge in [-0.25, -0.2) is 17.9 Å². The summed E-state index contributed by atoms with van der Waals surface area (Å²) < 4.78 is 36.9. The van der Waals surface area contributed by atoms with Crippen LogP contribution in [-0.4, -0.2) is 20.4 Å². The van der Waals surface area contributed by atoms with Gasteiger partial charge in [-0.2, -0.15) is 0 Å². The maximum atomic E-state index is 12.1. The summed E-state index contributed by atoms with van der Waals surface area (Å²) in [4.78, 5) is 12.1. The lowest BCUT2D eigenvalue weighted by Crippen LogP contribution is -2.25. The summed E-state index contributed by atoms with van der Waals surface area (Å²) in [6.07, 6.45) is 1.64. The van der Waals surface area contributed by atoms with Crippen LogP contribution in [0.1, 0.15) is 34.5 Å². The van der Waals surface area contributed by atoms with Gasteiger partial charge >= 0.3 is 5.97 Å². The van der Waals surface area contributed by atoms with Gasteiger partial charge in [0.2, 0.25) is 10.9 Å². The Kier molecular flexibility index (Phi) is 3.99. The molecule has 1 aliphatic carbocycles. The van der Waals surface area contributed by atoms with E-state index in [1.54, 1.807) is 6.07 Å². The first-order valence-corrected chi connectivity index (χ1v) is 8.75. The zero-order valence-corrected chi connectivity index (χ0v) is 13.6. The van der Waals surface area contributed by atoms with E-state index < -0.39 is 16.0 Å². The number of aryl methyl sites for hydroxylation is 2. The van der Waals surface area contributed by atoms with Gasteiger partial charge in [0, 0.05) is 6.04 Å². The molecule has 122 valence electrons. The van der Waals surface area contributed by atoms with E-state index in [4.69, 9.17) is 9.15 Å². The number of furan rings is 1. The topological polar surface area (TPSA) is 85.6 Å². The summed E-state index contributed by atoms with van der Waals surface area (Å²) in [5, 5.41) is -0.281. The molecule has 6 nitrogen and oxygen atoms in total. The standard InChI is InChI=1S/C16H17NO5S/c1-10-3-6-13(11(2)9-10)22-16(18)14-7-8-15(21-14)23(19,20)17-12-4-5-12/h3,6-9,12,17H,4-5H2,1-2H3. The molecule has 23 heavy (non-hydrogen) atoms. The lowest BCUT2D eigenvalue weighted by Gasteiger charge is -2.06. The second-order valence-corrected chi connectivity index (χ2v) is 7.32. The van der Waals surface area contributed by atoms with Gasteiger partial charge in [0.25, 0.3) is 10.0 Å². The molecule has 1 heterocycles. The molecule has 0 aliphatic heterocycles. The molecule has 0 spiro atoms. The molecule has 1 N–H and O–H groups in total. The molecule has 1 fully saturated rings. The third-order valence-corrected chi connectivity index (χ3v) is 4.87. The Morgan fingerprint density at radius 1 is 1.22 bits per heavy atom. The number of hydrogen-bond donors (Lipinski definition) is 1. The van der Waals surface area contributed by atoms with Crippen LogP contribution in [0.2, 0.25) is 0 Å². The Morgan fingerprint density at radius 3 is 2.61 bits per heavy atom. The van der Waals surface area contributed by atoms with Gasteiger partial charge in [-0.15, -0.1) is 0 Å². The maximum Gasteiger partial charge on any atom is 0.379 e. The molecule has 0 amide bonds. The van der Waals surface area contributed by atoms with Gasteiger partial charge in [0.1, 0.15) is 5.75 Å². The third-order valence-electron chi connectivity index (χ3n) is 3.48. The zero-order chi connectivity index (χ0) is 16.6. The van der Waals surface area contributed by atoms with Crippen molar-refractivity contribution in [3.63, 3.8) is 0 Å². The van der Waals surface area contributed by atoms with Crippen LogP contribution in [0.25, 0.3) is 0 Å². The predicted octanol–water partition coefficient (Wildman–Crippen LogP) is 2.56. The molecule has 1 saturated carbocycles. The Bertz CT molecular complexity index is 849. The molecular weight excluding hydrogens is 318 g/mol. The number of carbonyl (C=O) groups excluding carboxylic acids is 1. The molecule has 1 aromatic carbocycles. The summed E-state index contributed by atoms with van der Waals surface area (Å²) in [6, 6.07) is 7.93. The number of esters is 1. The Morgan fingerprint density at radius 2 is 1.96 bits per heavy atom. The van der Waals surface area contributed by atoms with Gasteiger partial charge in [-0.3, -0.25) is 0 Å². The van der Waals surface area contributed by atoms with Gasteiger partial charge in [-0.1, -0.05) is 17.7 Å². The second-order valence-electron chi connectivity index (χ2n) is 5.67. The number of ether oxygens (including phenoxy) is 1. The van der Waals surface area contributed by atoms with Crippen molar-refractivity contribution in [2.24, 2.45) is 0 Å². The van der Waals surface area contributed by atoms with E-state index in [9.17, 15) is 13.2 Å². The van der Waals surface area contributed by atoms with E-state index in [-0.39, 0.29) is 16.9 Å². The monoisotopic (exact) mass is 335 g/mol. The van der Waals surface area contributed by atoms with Gasteiger partial charge in [0.05, 0.1) is 0 Å². The average Bonchev–Trinajstić information content (AvgIpc) is 3.12. The highest BCUT2D eigenvalue weighted by atomic mass is 32.2. The van der Waals surface area contributed by atoms with Crippen molar-refractivity contribution in [2.75, 3.05) is 0 Å². The molecule has 7 heteroatoms. The Hall–Kier alpha value is -2.12. The summed E-state index contributed by atoms with van der Waals surface area (Å²) in [6.45, 7) is 3.77. The SMILES string of the molecule is Cc1ccc(OC(=O)c2ccc(S(=O)(=O)NC3CC3)o2)c(C)c1. The lowest BCUT2D eigenvalue weighted by atomic mass is 10.1. The third kappa shape index (κ3) is 3.62. The molecule has 0 atom stereocenters. The van der Waals surface area contributed by atoms with Crippen molar-refractivity contribution in [1.82, 2.24) is 4.72 Å². The fourth-order valence-corrected chi connectivity index (χ4v) is 3.35. The highest BCUT2D eigenvalue weighted by Crippen LogP contribution is 2.24. The number of carbonyl (C=O) groups is 1. The van der Waals surface area contributed by atoms with Gasteiger partial charge in [0.15, 0.2) is 0 Å². The number of rotatable bonds is 5. The van der Waals surface area contributed by atoms with Crippen molar-refractivity contribution < 1.29 is 22.4 Å². The molecule has 2 aromatic rings. The minimum Gasteiger partial charge on any atom is -0.436 e. The van der Waals surface area contributed by atoms with Crippen LogP contribution in [0.4, 0.5) is 0 Å².